The Morgan fingerprint density at radius 3 is 2.81 bits per heavy atom. The van der Waals surface area contributed by atoms with Crippen LogP contribution >= 0.6 is 0 Å². The molecule has 7 nitrogen and oxygen atoms in total. The van der Waals surface area contributed by atoms with E-state index in [0.717, 1.165) is 0 Å². The Morgan fingerprint density at radius 2 is 2.19 bits per heavy atom. The van der Waals surface area contributed by atoms with Gasteiger partial charge in [-0.15, -0.1) is 0 Å². The summed E-state index contributed by atoms with van der Waals surface area (Å²) in [5, 5.41) is 13.5. The van der Waals surface area contributed by atoms with Gasteiger partial charge in [-0.2, -0.15) is 0 Å². The Morgan fingerprint density at radius 1 is 1.48 bits per heavy atom. The van der Waals surface area contributed by atoms with Crippen LogP contribution in [0, 0.1) is 16.0 Å². The summed E-state index contributed by atoms with van der Waals surface area (Å²) in [6, 6.07) is 3.94. The average Bonchev–Trinajstić information content (AvgIpc) is 2.41. The molecule has 0 aromatic heterocycles. The predicted octanol–water partition coefficient (Wildman–Crippen LogP) is 1.97. The highest BCUT2D eigenvalue weighted by molar-refractivity contribution is 5.99. The van der Waals surface area contributed by atoms with E-state index in [1.54, 1.807) is 0 Å². The zero-order valence-corrected chi connectivity index (χ0v) is 12.3. The minimum absolute atomic E-state index is 0.0249. The molecule has 0 bridgehead atoms. The molecular formula is C14H21N3O4. The number of carbonyl (C=O) groups excluding carboxylic acids is 1. The zero-order chi connectivity index (χ0) is 15.8. The van der Waals surface area contributed by atoms with Crippen LogP contribution in [-0.2, 0) is 4.74 Å². The fourth-order valence-corrected chi connectivity index (χ4v) is 1.69. The minimum Gasteiger partial charge on any atom is -0.399 e. The Kier molecular flexibility index (Phi) is 6.61. The highest BCUT2D eigenvalue weighted by atomic mass is 16.6. The normalized spacial score (nSPS) is 10.6. The van der Waals surface area contributed by atoms with E-state index in [1.807, 2.05) is 0 Å². The van der Waals surface area contributed by atoms with Crippen molar-refractivity contribution in [3.63, 3.8) is 0 Å². The number of hydrogen-bond acceptors (Lipinski definition) is 5. The number of nitrogens with zero attached hydrogens (tertiary/aromatic N) is 1. The topological polar surface area (TPSA) is 107 Å². The zero-order valence-electron chi connectivity index (χ0n) is 12.3. The molecule has 7 heteroatoms. The van der Waals surface area contributed by atoms with Gasteiger partial charge in [0.05, 0.1) is 4.92 Å². The lowest BCUT2D eigenvalue weighted by Gasteiger charge is -2.08. The van der Waals surface area contributed by atoms with Gasteiger partial charge in [0, 0.05) is 31.5 Å². The second-order valence-electron chi connectivity index (χ2n) is 5.11. The maximum absolute atomic E-state index is 12.0. The standard InChI is InChI=1S/C14H21N3O4/c1-10(2)9-21-7-3-6-16-14(18)12-8-11(15)4-5-13(12)17(19)20/h4-5,8,10H,3,6-7,9,15H2,1-2H3,(H,16,18). The maximum atomic E-state index is 12.0. The minimum atomic E-state index is -0.597. The number of nitrogens with one attached hydrogen (secondary N) is 1. The lowest BCUT2D eigenvalue weighted by molar-refractivity contribution is -0.385. The number of amides is 1. The third-order valence-corrected chi connectivity index (χ3v) is 2.66. The van der Waals surface area contributed by atoms with Crippen LogP contribution in [0.3, 0.4) is 0 Å². The molecule has 116 valence electrons. The van der Waals surface area contributed by atoms with Gasteiger partial charge in [0.25, 0.3) is 11.6 Å². The molecule has 1 aromatic rings. The predicted molar refractivity (Wildman–Crippen MR) is 80.1 cm³/mol. The molecule has 1 amide bonds. The fraction of sp³-hybridized carbons (Fsp3) is 0.500. The van der Waals surface area contributed by atoms with Crippen molar-refractivity contribution >= 4 is 17.3 Å². The van der Waals surface area contributed by atoms with Gasteiger partial charge in [-0.1, -0.05) is 13.8 Å². The highest BCUT2D eigenvalue weighted by Gasteiger charge is 2.19. The second-order valence-corrected chi connectivity index (χ2v) is 5.11. The molecular weight excluding hydrogens is 274 g/mol. The summed E-state index contributed by atoms with van der Waals surface area (Å²) in [5.74, 6) is -0.0348. The molecule has 21 heavy (non-hydrogen) atoms. The Hall–Kier alpha value is -2.15. The molecule has 0 heterocycles. The molecule has 0 fully saturated rings. The van der Waals surface area contributed by atoms with E-state index in [1.165, 1.54) is 18.2 Å². The summed E-state index contributed by atoms with van der Waals surface area (Å²) >= 11 is 0. The second kappa shape index (κ2) is 8.21. The number of ether oxygens (including phenoxy) is 1. The first-order valence-electron chi connectivity index (χ1n) is 6.81. The van der Waals surface area contributed by atoms with Crippen molar-refractivity contribution in [2.24, 2.45) is 5.92 Å². The molecule has 0 aliphatic carbocycles. The highest BCUT2D eigenvalue weighted by Crippen LogP contribution is 2.20. The van der Waals surface area contributed by atoms with E-state index in [0.29, 0.717) is 37.8 Å². The average molecular weight is 295 g/mol. The van der Waals surface area contributed by atoms with E-state index < -0.39 is 10.8 Å². The number of rotatable bonds is 8. The molecule has 1 aromatic carbocycles. The van der Waals surface area contributed by atoms with Crippen molar-refractivity contribution in [3.05, 3.63) is 33.9 Å². The first-order chi connectivity index (χ1) is 9.91. The summed E-state index contributed by atoms with van der Waals surface area (Å²) in [4.78, 5) is 22.2. The fourth-order valence-electron chi connectivity index (χ4n) is 1.69. The third-order valence-electron chi connectivity index (χ3n) is 2.66. The third kappa shape index (κ3) is 5.78. The number of nitro benzene ring substituents is 1. The van der Waals surface area contributed by atoms with Crippen LogP contribution in [0.1, 0.15) is 30.6 Å². The number of nitrogen functional groups attached to an aromatic ring is 1. The molecule has 0 spiro atoms. The van der Waals surface area contributed by atoms with Crippen molar-refractivity contribution in [1.82, 2.24) is 5.32 Å². The SMILES string of the molecule is CC(C)COCCCNC(=O)c1cc(N)ccc1[N+](=O)[O-]. The Labute approximate surface area is 123 Å². The first-order valence-corrected chi connectivity index (χ1v) is 6.81. The summed E-state index contributed by atoms with van der Waals surface area (Å²) in [6.07, 6.45) is 0.647. The number of carbonyl (C=O) groups is 1. The van der Waals surface area contributed by atoms with Crippen molar-refractivity contribution in [2.75, 3.05) is 25.5 Å². The number of anilines is 1. The summed E-state index contributed by atoms with van der Waals surface area (Å²) in [5.41, 5.74) is 5.60. The number of nitro groups is 1. The van der Waals surface area contributed by atoms with Gasteiger partial charge in [0.1, 0.15) is 5.56 Å². The quantitative estimate of drug-likeness (QED) is 0.330. The Bertz CT molecular complexity index is 503. The first kappa shape index (κ1) is 16.9. The van der Waals surface area contributed by atoms with Crippen LogP contribution in [-0.4, -0.2) is 30.6 Å². The van der Waals surface area contributed by atoms with Crippen LogP contribution in [0.5, 0.6) is 0 Å². The van der Waals surface area contributed by atoms with Crippen LogP contribution < -0.4 is 11.1 Å². The summed E-state index contributed by atoms with van der Waals surface area (Å²) in [7, 11) is 0. The molecule has 0 aliphatic rings. The summed E-state index contributed by atoms with van der Waals surface area (Å²) < 4.78 is 5.38. The number of nitrogens with two attached hydrogens (primary N) is 1. The molecule has 0 radical (unpaired) electrons. The van der Waals surface area contributed by atoms with Gasteiger partial charge < -0.3 is 15.8 Å². The van der Waals surface area contributed by atoms with Gasteiger partial charge >= 0.3 is 0 Å². The van der Waals surface area contributed by atoms with E-state index in [9.17, 15) is 14.9 Å². The van der Waals surface area contributed by atoms with E-state index in [4.69, 9.17) is 10.5 Å². The monoisotopic (exact) mass is 295 g/mol. The van der Waals surface area contributed by atoms with E-state index in [-0.39, 0.29) is 11.3 Å². The largest absolute Gasteiger partial charge is 0.399 e. The van der Waals surface area contributed by atoms with E-state index >= 15 is 0 Å². The maximum Gasteiger partial charge on any atom is 0.282 e. The van der Waals surface area contributed by atoms with Gasteiger partial charge in [0.2, 0.25) is 0 Å². The summed E-state index contributed by atoms with van der Waals surface area (Å²) in [6.45, 7) is 5.72. The van der Waals surface area contributed by atoms with E-state index in [2.05, 4.69) is 19.2 Å². The van der Waals surface area contributed by atoms with Crippen LogP contribution in [0.15, 0.2) is 18.2 Å². The van der Waals surface area contributed by atoms with Crippen LogP contribution in [0.4, 0.5) is 11.4 Å². The van der Waals surface area contributed by atoms with Crippen LogP contribution in [0.25, 0.3) is 0 Å². The molecule has 0 atom stereocenters. The van der Waals surface area contributed by atoms with Gasteiger partial charge in [0.15, 0.2) is 0 Å². The van der Waals surface area contributed by atoms with Crippen molar-refractivity contribution < 1.29 is 14.5 Å². The molecule has 0 saturated carbocycles. The smallest absolute Gasteiger partial charge is 0.282 e. The van der Waals surface area contributed by atoms with Gasteiger partial charge in [-0.05, 0) is 24.5 Å². The molecule has 0 aliphatic heterocycles. The number of hydrogen-bond donors (Lipinski definition) is 2. The van der Waals surface area contributed by atoms with Crippen molar-refractivity contribution in [3.8, 4) is 0 Å². The van der Waals surface area contributed by atoms with Crippen molar-refractivity contribution in [2.45, 2.75) is 20.3 Å². The molecule has 1 rings (SSSR count). The van der Waals surface area contributed by atoms with Crippen molar-refractivity contribution in [1.29, 1.82) is 0 Å². The number of benzene rings is 1. The molecule has 3 N–H and O–H groups in total. The Balaban J connectivity index is 2.49. The van der Waals surface area contributed by atoms with Gasteiger partial charge in [-0.3, -0.25) is 14.9 Å². The lowest BCUT2D eigenvalue weighted by Crippen LogP contribution is -2.26. The lowest BCUT2D eigenvalue weighted by atomic mass is 10.1. The molecule has 0 unspecified atom stereocenters. The van der Waals surface area contributed by atoms with Crippen LogP contribution in [0.2, 0.25) is 0 Å². The molecule has 0 saturated heterocycles. The van der Waals surface area contributed by atoms with Gasteiger partial charge in [-0.25, -0.2) is 0 Å².